The van der Waals surface area contributed by atoms with E-state index < -0.39 is 84.6 Å². The van der Waals surface area contributed by atoms with Gasteiger partial charge in [0.1, 0.15) is 36.3 Å². The number of aromatic nitrogens is 4. The number of fused-ring (bicyclic) bond motifs is 1. The van der Waals surface area contributed by atoms with E-state index in [2.05, 4.69) is 50.4 Å². The first-order valence-electron chi connectivity index (χ1n) is 18.7. The molecule has 0 aliphatic carbocycles. The number of anilines is 1. The third-order valence-electron chi connectivity index (χ3n) is 8.67. The molecule has 1 aliphatic rings. The molecule has 0 radical (unpaired) electrons. The van der Waals surface area contributed by atoms with E-state index in [0.717, 1.165) is 41.8 Å². The van der Waals surface area contributed by atoms with Crippen molar-refractivity contribution in [1.29, 1.82) is 0 Å². The largest absolute Gasteiger partial charge is 0.790 e. The van der Waals surface area contributed by atoms with Crippen LogP contribution in [0.2, 0.25) is 0 Å². The van der Waals surface area contributed by atoms with E-state index in [1.54, 1.807) is 0 Å². The number of thioether (sulfide) groups is 1. The lowest BCUT2D eigenvalue weighted by Crippen LogP contribution is -2.46. The number of allylic oxidation sites excluding steroid dienone is 2. The Balaban J connectivity index is 1.41. The number of imidazole rings is 1. The summed E-state index contributed by atoms with van der Waals surface area (Å²) in [7, 11) is -17.6. The zero-order valence-electron chi connectivity index (χ0n) is 33.0. The van der Waals surface area contributed by atoms with E-state index in [9.17, 15) is 57.9 Å². The van der Waals surface area contributed by atoms with Crippen LogP contribution in [0.4, 0.5) is 5.82 Å². The van der Waals surface area contributed by atoms with Gasteiger partial charge in [-0.3, -0.25) is 28.1 Å². The Hall–Kier alpha value is -2.70. The topological polar surface area (TPSA) is 375 Å². The molecule has 2 aromatic rings. The highest BCUT2D eigenvalue weighted by Crippen LogP contribution is 2.56. The maximum atomic E-state index is 12.6. The number of phosphoric ester groups is 3. The number of amides is 2. The molecular weight excluding hydrogens is 879 g/mol. The first-order chi connectivity index (χ1) is 28.1. The molecule has 0 bridgehead atoms. The van der Waals surface area contributed by atoms with Crippen LogP contribution in [0.15, 0.2) is 24.8 Å². The van der Waals surface area contributed by atoms with E-state index in [4.69, 9.17) is 10.5 Å². The van der Waals surface area contributed by atoms with Crippen molar-refractivity contribution >= 4 is 69.1 Å². The summed E-state index contributed by atoms with van der Waals surface area (Å²) in [6.07, 6.45) is 3.35. The number of aliphatic hydroxyl groups excluding tert-OH is 2. The Morgan fingerprint density at radius 1 is 1.03 bits per heavy atom. The molecule has 0 aromatic carbocycles. The average molecular weight is 930 g/mol. The van der Waals surface area contributed by atoms with Crippen molar-refractivity contribution in [2.45, 2.75) is 103 Å². The molecular formula is C32H50N7O17P3S-4. The smallest absolute Gasteiger partial charge is 0.274 e. The Kier molecular flexibility index (Phi) is 20.4. The van der Waals surface area contributed by atoms with Gasteiger partial charge in [0.2, 0.25) is 11.8 Å². The van der Waals surface area contributed by atoms with Crippen molar-refractivity contribution in [2.24, 2.45) is 5.41 Å². The number of carbonyl (C=O) groups excluding carboxylic acids is 3. The van der Waals surface area contributed by atoms with Crippen LogP contribution in [0.3, 0.4) is 0 Å². The van der Waals surface area contributed by atoms with Crippen LogP contribution < -0.4 is 35.9 Å². The molecule has 0 spiro atoms. The molecule has 7 atom stereocenters. The number of nitrogens with two attached hydrogens (primary N) is 1. The lowest BCUT2D eigenvalue weighted by atomic mass is 9.87. The normalized spacial score (nSPS) is 21.1. The highest BCUT2D eigenvalue weighted by Gasteiger charge is 2.47. The predicted octanol–water partition coefficient (Wildman–Crippen LogP) is -0.556. The molecule has 2 aromatic heterocycles. The van der Waals surface area contributed by atoms with Gasteiger partial charge in [0.25, 0.3) is 15.6 Å². The lowest BCUT2D eigenvalue weighted by molar-refractivity contribution is -0.347. The molecule has 1 fully saturated rings. The van der Waals surface area contributed by atoms with Gasteiger partial charge in [0, 0.05) is 37.1 Å². The third-order valence-corrected chi connectivity index (χ3v) is 12.6. The monoisotopic (exact) mass is 929 g/mol. The fourth-order valence-corrected chi connectivity index (χ4v) is 8.88. The highest BCUT2D eigenvalue weighted by molar-refractivity contribution is 8.13. The van der Waals surface area contributed by atoms with Crippen molar-refractivity contribution in [3.63, 3.8) is 0 Å². The summed E-state index contributed by atoms with van der Waals surface area (Å²) in [6, 6.07) is 0. The van der Waals surface area contributed by atoms with Crippen LogP contribution in [0.25, 0.3) is 11.2 Å². The minimum Gasteiger partial charge on any atom is -0.790 e. The van der Waals surface area contributed by atoms with E-state index in [0.29, 0.717) is 12.2 Å². The molecule has 1 saturated heterocycles. The molecule has 6 N–H and O–H groups in total. The number of hydrogen-bond donors (Lipinski definition) is 5. The second kappa shape index (κ2) is 23.7. The maximum absolute atomic E-state index is 12.6. The molecule has 60 heavy (non-hydrogen) atoms. The number of nitrogens with zero attached hydrogens (tertiary/aromatic N) is 4. The van der Waals surface area contributed by atoms with Gasteiger partial charge in [-0.2, -0.15) is 0 Å². The fourth-order valence-electron chi connectivity index (χ4n) is 5.49. The van der Waals surface area contributed by atoms with Gasteiger partial charge >= 0.3 is 0 Å². The Morgan fingerprint density at radius 3 is 2.43 bits per heavy atom. The second-order valence-electron chi connectivity index (χ2n) is 14.1. The number of ether oxygens (including phenoxy) is 1. The first-order valence-corrected chi connectivity index (χ1v) is 24.0. The van der Waals surface area contributed by atoms with E-state index >= 15 is 0 Å². The van der Waals surface area contributed by atoms with Crippen LogP contribution >= 0.6 is 35.2 Å². The van der Waals surface area contributed by atoms with Crippen LogP contribution in [0.5, 0.6) is 0 Å². The minimum atomic E-state index is -5.92. The molecule has 340 valence electrons. The number of aliphatic hydroxyl groups is 2. The average Bonchev–Trinajstić information content (AvgIpc) is 3.72. The van der Waals surface area contributed by atoms with Crippen LogP contribution in [0, 0.1) is 5.41 Å². The zero-order valence-corrected chi connectivity index (χ0v) is 36.5. The third kappa shape index (κ3) is 17.2. The van der Waals surface area contributed by atoms with Gasteiger partial charge in [0.05, 0.1) is 27.4 Å². The number of hydrogen-bond acceptors (Lipinski definition) is 22. The Bertz CT molecular complexity index is 1920. The maximum Gasteiger partial charge on any atom is 0.274 e. The summed E-state index contributed by atoms with van der Waals surface area (Å²) in [5.74, 6) is -1.19. The number of phosphoric acid groups is 3. The van der Waals surface area contributed by atoms with Crippen molar-refractivity contribution in [2.75, 3.05) is 37.8 Å². The van der Waals surface area contributed by atoms with Gasteiger partial charge in [-0.25, -0.2) is 19.3 Å². The molecule has 0 saturated carbocycles. The fraction of sp³-hybridized carbons (Fsp3) is 0.688. The number of carbonyl (C=O) groups is 3. The van der Waals surface area contributed by atoms with Gasteiger partial charge in [-0.05, 0) is 12.8 Å². The minimum absolute atomic E-state index is 0.0202. The van der Waals surface area contributed by atoms with E-state index in [1.807, 2.05) is 12.2 Å². The molecule has 3 rings (SSSR count). The van der Waals surface area contributed by atoms with Gasteiger partial charge < -0.3 is 69.0 Å². The highest BCUT2D eigenvalue weighted by atomic mass is 32.2. The SMILES string of the molecule is CCCCCCC/C=C/CC(=O)SCCNC(=O)CCNC(=O)[C@H](O)C(C)(C)COP(=O)([O-])OP(=O)([O-])OC[C@H]1O[C@@H](n2cnc3c(N)ncnc32)[C@H](O)[C@@H]1OP(=O)([O-])[O-]. The molecule has 24 nitrogen and oxygen atoms in total. The van der Waals surface area contributed by atoms with Gasteiger partial charge in [0.15, 0.2) is 22.8 Å². The summed E-state index contributed by atoms with van der Waals surface area (Å²) in [5.41, 5.74) is 4.08. The van der Waals surface area contributed by atoms with Crippen molar-refractivity contribution in [3.8, 4) is 0 Å². The summed E-state index contributed by atoms with van der Waals surface area (Å²) in [6.45, 7) is 2.28. The molecule has 2 amide bonds. The molecule has 3 heterocycles. The first kappa shape index (κ1) is 51.6. The van der Waals surface area contributed by atoms with Crippen molar-refractivity contribution in [1.82, 2.24) is 30.2 Å². The zero-order chi connectivity index (χ0) is 44.7. The molecule has 1 aliphatic heterocycles. The Labute approximate surface area is 349 Å². The number of nitrogens with one attached hydrogen (secondary N) is 2. The van der Waals surface area contributed by atoms with E-state index in [-0.39, 0.29) is 41.6 Å². The standard InChI is InChI=1S/C32H54N7O17P3S/c1-4-5-6-7-8-9-10-11-12-23(41)60-16-15-34-22(40)13-14-35-30(44)27(43)32(2,3)18-53-59(50,51)56-58(48,49)52-17-21-26(55-57(45,46)47)25(42)31(54-21)39-20-38-24-28(33)36-19-37-29(24)39/h10-11,19-21,25-27,31,42-43H,4-9,12-18H2,1-3H3,(H,34,40)(H,35,44)(H,48,49)(H,50,51)(H2,33,36,37)(H2,45,46,47)/p-4/b11-10+/t21-,25-,26-,27+,31-/m1/s1. The van der Waals surface area contributed by atoms with Crippen LogP contribution in [-0.4, -0.2) is 103 Å². The lowest BCUT2D eigenvalue weighted by Gasteiger charge is -2.36. The predicted molar refractivity (Wildman–Crippen MR) is 205 cm³/mol. The van der Waals surface area contributed by atoms with Gasteiger partial charge in [-0.1, -0.05) is 70.4 Å². The summed E-state index contributed by atoms with van der Waals surface area (Å²) >= 11 is 1.08. The number of nitrogen functional groups attached to an aromatic ring is 1. The number of unbranched alkanes of at least 4 members (excludes halogenated alkanes) is 5. The van der Waals surface area contributed by atoms with Crippen LogP contribution in [-0.2, 0) is 50.7 Å². The van der Waals surface area contributed by atoms with Crippen molar-refractivity contribution < 1.29 is 80.5 Å². The van der Waals surface area contributed by atoms with Crippen LogP contribution in [0.1, 0.15) is 78.4 Å². The summed E-state index contributed by atoms with van der Waals surface area (Å²) < 4.78 is 60.6. The summed E-state index contributed by atoms with van der Waals surface area (Å²) in [4.78, 5) is 96.3. The second-order valence-corrected chi connectivity index (χ2v) is 19.3. The summed E-state index contributed by atoms with van der Waals surface area (Å²) in [5, 5.41) is 26.3. The molecule has 2 unspecified atom stereocenters. The Morgan fingerprint density at radius 2 is 1.73 bits per heavy atom. The number of rotatable bonds is 27. The van der Waals surface area contributed by atoms with Gasteiger partial charge in [-0.15, -0.1) is 0 Å². The molecule has 28 heteroatoms. The quantitative estimate of drug-likeness (QED) is 0.0426. The van der Waals surface area contributed by atoms with E-state index in [1.165, 1.54) is 39.5 Å². The van der Waals surface area contributed by atoms with Crippen molar-refractivity contribution in [3.05, 3.63) is 24.8 Å².